The molecule has 1 amide bonds. The number of anilines is 1. The molecule has 0 spiro atoms. The van der Waals surface area contributed by atoms with Gasteiger partial charge in [-0.05, 0) is 23.6 Å². The molecule has 1 unspecified atom stereocenters. The normalized spacial score (nSPS) is 21.2. The summed E-state index contributed by atoms with van der Waals surface area (Å²) in [6.07, 6.45) is 4.81. The Balaban J connectivity index is 1.91. The molecule has 2 aliphatic rings. The van der Waals surface area contributed by atoms with Crippen LogP contribution in [0.4, 0.5) is 5.69 Å². The Morgan fingerprint density at radius 2 is 2.21 bits per heavy atom. The molecule has 0 N–H and O–H groups in total. The molecule has 1 aromatic rings. The number of carbonyl (C=O) groups excluding carboxylic acids is 1. The summed E-state index contributed by atoms with van der Waals surface area (Å²) in [7, 11) is 0. The van der Waals surface area contributed by atoms with Crippen molar-refractivity contribution in [2.24, 2.45) is 4.99 Å². The van der Waals surface area contributed by atoms with Crippen molar-refractivity contribution in [2.75, 3.05) is 4.90 Å². The zero-order valence-corrected chi connectivity index (χ0v) is 11.4. The third-order valence-electron chi connectivity index (χ3n) is 3.98. The highest BCUT2D eigenvalue weighted by Crippen LogP contribution is 2.34. The summed E-state index contributed by atoms with van der Waals surface area (Å²) in [5.41, 5.74) is 4.78. The lowest BCUT2D eigenvalue weighted by atomic mass is 10.0. The van der Waals surface area contributed by atoms with Crippen LogP contribution in [0.1, 0.15) is 32.3 Å². The maximum atomic E-state index is 12.0. The average molecular weight is 254 g/mol. The fourth-order valence-corrected chi connectivity index (χ4v) is 2.96. The minimum atomic E-state index is 0.0996. The van der Waals surface area contributed by atoms with Gasteiger partial charge in [-0.2, -0.15) is 0 Å². The van der Waals surface area contributed by atoms with Gasteiger partial charge in [-0.3, -0.25) is 9.79 Å². The number of benzene rings is 1. The molecule has 0 aliphatic carbocycles. The second-order valence-corrected chi connectivity index (χ2v) is 5.18. The number of rotatable bonds is 2. The molecule has 3 rings (SSSR count). The molecule has 1 atom stereocenters. The molecule has 0 saturated carbocycles. The van der Waals surface area contributed by atoms with Crippen molar-refractivity contribution in [1.29, 1.82) is 0 Å². The predicted molar refractivity (Wildman–Crippen MR) is 77.5 cm³/mol. The highest BCUT2D eigenvalue weighted by Gasteiger charge is 2.35. The summed E-state index contributed by atoms with van der Waals surface area (Å²) >= 11 is 0. The van der Waals surface area contributed by atoms with Gasteiger partial charge in [0.05, 0.1) is 6.04 Å². The van der Waals surface area contributed by atoms with Crippen LogP contribution < -0.4 is 4.90 Å². The first kappa shape index (κ1) is 12.2. The van der Waals surface area contributed by atoms with Gasteiger partial charge in [0.15, 0.2) is 0 Å². The number of hydrogen-bond acceptors (Lipinski definition) is 2. The third-order valence-corrected chi connectivity index (χ3v) is 3.98. The number of hydrogen-bond donors (Lipinski definition) is 0. The van der Waals surface area contributed by atoms with E-state index in [0.717, 1.165) is 30.7 Å². The summed E-state index contributed by atoms with van der Waals surface area (Å²) in [5, 5.41) is 0. The van der Waals surface area contributed by atoms with Crippen LogP contribution in [0.25, 0.3) is 0 Å². The van der Waals surface area contributed by atoms with Crippen molar-refractivity contribution < 1.29 is 4.79 Å². The highest BCUT2D eigenvalue weighted by molar-refractivity contribution is 6.06. The first-order valence-corrected chi connectivity index (χ1v) is 6.83. The van der Waals surface area contributed by atoms with Crippen molar-refractivity contribution in [3.8, 4) is 0 Å². The number of allylic oxidation sites excluding steroid dienone is 1. The predicted octanol–water partition coefficient (Wildman–Crippen LogP) is 3.10. The van der Waals surface area contributed by atoms with Crippen LogP contribution in [0.5, 0.6) is 0 Å². The van der Waals surface area contributed by atoms with Gasteiger partial charge in [-0.15, -0.1) is 0 Å². The van der Waals surface area contributed by atoms with Crippen LogP contribution in [0.15, 0.2) is 41.0 Å². The summed E-state index contributed by atoms with van der Waals surface area (Å²) in [4.78, 5) is 18.4. The van der Waals surface area contributed by atoms with E-state index in [1.807, 2.05) is 29.3 Å². The molecule has 3 heteroatoms. The Labute approximate surface area is 113 Å². The summed E-state index contributed by atoms with van der Waals surface area (Å²) in [6.45, 7) is 3.79. The van der Waals surface area contributed by atoms with Gasteiger partial charge in [0.2, 0.25) is 5.91 Å². The Bertz CT molecular complexity index is 586. The second-order valence-electron chi connectivity index (χ2n) is 5.18. The van der Waals surface area contributed by atoms with Gasteiger partial charge in [-0.25, -0.2) is 0 Å². The first-order chi connectivity index (χ1) is 9.20. The van der Waals surface area contributed by atoms with E-state index in [2.05, 4.69) is 18.0 Å². The molecule has 2 aliphatic heterocycles. The molecule has 0 fully saturated rings. The molecule has 0 aromatic heterocycles. The van der Waals surface area contributed by atoms with Crippen LogP contribution >= 0.6 is 0 Å². The van der Waals surface area contributed by atoms with E-state index in [4.69, 9.17) is 0 Å². The molecular weight excluding hydrogens is 236 g/mol. The fourth-order valence-electron chi connectivity index (χ4n) is 2.96. The Kier molecular flexibility index (Phi) is 2.97. The zero-order chi connectivity index (χ0) is 13.4. The van der Waals surface area contributed by atoms with Crippen molar-refractivity contribution in [3.63, 3.8) is 0 Å². The largest absolute Gasteiger partial charge is 0.303 e. The maximum absolute atomic E-state index is 12.0. The minimum Gasteiger partial charge on any atom is -0.303 e. The molecule has 19 heavy (non-hydrogen) atoms. The van der Waals surface area contributed by atoms with Crippen LogP contribution in [0.3, 0.4) is 0 Å². The highest BCUT2D eigenvalue weighted by atomic mass is 16.2. The quantitative estimate of drug-likeness (QED) is 0.798. The van der Waals surface area contributed by atoms with E-state index in [0.29, 0.717) is 0 Å². The van der Waals surface area contributed by atoms with Gasteiger partial charge < -0.3 is 4.90 Å². The van der Waals surface area contributed by atoms with E-state index in [1.54, 1.807) is 6.92 Å². The summed E-state index contributed by atoms with van der Waals surface area (Å²) < 4.78 is 0. The topological polar surface area (TPSA) is 32.7 Å². The van der Waals surface area contributed by atoms with Gasteiger partial charge in [0.1, 0.15) is 0 Å². The van der Waals surface area contributed by atoms with Gasteiger partial charge in [0, 0.05) is 37.4 Å². The molecule has 2 heterocycles. The molecule has 0 bridgehead atoms. The van der Waals surface area contributed by atoms with Gasteiger partial charge in [0.25, 0.3) is 0 Å². The molecule has 98 valence electrons. The van der Waals surface area contributed by atoms with Gasteiger partial charge in [-0.1, -0.05) is 25.1 Å². The summed E-state index contributed by atoms with van der Waals surface area (Å²) in [5.74, 6) is 0.0996. The smallest absolute Gasteiger partial charge is 0.224 e. The van der Waals surface area contributed by atoms with E-state index in [9.17, 15) is 4.79 Å². The van der Waals surface area contributed by atoms with E-state index >= 15 is 0 Å². The average Bonchev–Trinajstić information content (AvgIpc) is 3.02. The lowest BCUT2D eigenvalue weighted by Gasteiger charge is -2.24. The maximum Gasteiger partial charge on any atom is 0.224 e. The van der Waals surface area contributed by atoms with E-state index in [1.165, 1.54) is 11.1 Å². The Hall–Kier alpha value is -1.90. The van der Waals surface area contributed by atoms with Crippen LogP contribution in [0, 0.1) is 0 Å². The van der Waals surface area contributed by atoms with Crippen molar-refractivity contribution in [1.82, 2.24) is 0 Å². The molecule has 0 radical (unpaired) electrons. The SMILES string of the molecule is CCC1=CN=C(C2Cc3ccccc3N2C(C)=O)C1. The summed E-state index contributed by atoms with van der Waals surface area (Å²) in [6, 6.07) is 8.26. The lowest BCUT2D eigenvalue weighted by molar-refractivity contribution is -0.116. The van der Waals surface area contributed by atoms with Gasteiger partial charge >= 0.3 is 0 Å². The number of carbonyl (C=O) groups is 1. The molecule has 3 nitrogen and oxygen atoms in total. The standard InChI is InChI=1S/C16H18N2O/c1-3-12-8-14(17-10-12)16-9-13-6-4-5-7-15(13)18(16)11(2)19/h4-7,10,16H,3,8-9H2,1-2H3. The zero-order valence-electron chi connectivity index (χ0n) is 11.4. The Morgan fingerprint density at radius 1 is 1.42 bits per heavy atom. The van der Waals surface area contributed by atoms with E-state index in [-0.39, 0.29) is 11.9 Å². The minimum absolute atomic E-state index is 0.0996. The monoisotopic (exact) mass is 254 g/mol. The van der Waals surface area contributed by atoms with Crippen molar-refractivity contribution in [3.05, 3.63) is 41.6 Å². The number of amides is 1. The van der Waals surface area contributed by atoms with Crippen LogP contribution in [0.2, 0.25) is 0 Å². The first-order valence-electron chi connectivity index (χ1n) is 6.83. The fraction of sp³-hybridized carbons (Fsp3) is 0.375. The molecule has 1 aromatic carbocycles. The second kappa shape index (κ2) is 4.65. The number of aliphatic imine (C=N–C) groups is 1. The number of para-hydroxylation sites is 1. The van der Waals surface area contributed by atoms with Crippen LogP contribution in [-0.2, 0) is 11.2 Å². The number of fused-ring (bicyclic) bond motifs is 1. The van der Waals surface area contributed by atoms with Crippen molar-refractivity contribution >= 4 is 17.3 Å². The Morgan fingerprint density at radius 3 is 2.89 bits per heavy atom. The van der Waals surface area contributed by atoms with Crippen LogP contribution in [-0.4, -0.2) is 17.7 Å². The van der Waals surface area contributed by atoms with E-state index < -0.39 is 0 Å². The number of nitrogens with zero attached hydrogens (tertiary/aromatic N) is 2. The third kappa shape index (κ3) is 1.99. The molecule has 0 saturated heterocycles. The molecular formula is C16H18N2O. The lowest BCUT2D eigenvalue weighted by Crippen LogP contribution is -2.41. The van der Waals surface area contributed by atoms with Crippen molar-refractivity contribution in [2.45, 2.75) is 39.2 Å².